The Balaban J connectivity index is 1.65. The summed E-state index contributed by atoms with van der Waals surface area (Å²) in [7, 11) is -3.94. The number of amides is 1. The smallest absolute Gasteiger partial charge is 0.284 e. The minimum atomic E-state index is -3.94. The zero-order chi connectivity index (χ0) is 26.0. The molecule has 5 N–H and O–H groups in total. The lowest BCUT2D eigenvalue weighted by Gasteiger charge is -2.13. The van der Waals surface area contributed by atoms with Crippen molar-refractivity contribution in [2.45, 2.75) is 18.2 Å². The van der Waals surface area contributed by atoms with Crippen molar-refractivity contribution in [3.63, 3.8) is 0 Å². The largest absolute Gasteiger partial charge is 0.383 e. The molecule has 0 aliphatic rings. The quantitative estimate of drug-likeness (QED) is 0.260. The number of primary sulfonamides is 1. The fraction of sp³-hybridized carbons (Fsp3) is 0.0769. The Morgan fingerprint density at radius 2 is 1.83 bits per heavy atom. The maximum atomic E-state index is 15.3. The van der Waals surface area contributed by atoms with Gasteiger partial charge in [-0.05, 0) is 69.2 Å². The van der Waals surface area contributed by atoms with Crippen LogP contribution in [-0.4, -0.2) is 19.3 Å². The third kappa shape index (κ3) is 5.15. The zero-order valence-corrected chi connectivity index (χ0v) is 21.5. The molecule has 36 heavy (non-hydrogen) atoms. The number of benzene rings is 3. The molecule has 0 saturated carbocycles. The summed E-state index contributed by atoms with van der Waals surface area (Å²) in [6, 6.07) is 18.2. The van der Waals surface area contributed by atoms with E-state index in [9.17, 15) is 13.2 Å². The summed E-state index contributed by atoms with van der Waals surface area (Å²) in [4.78, 5) is 16.9. The average molecular weight is 569 g/mol. The normalized spacial score (nSPS) is 12.3. The van der Waals surface area contributed by atoms with Crippen molar-refractivity contribution in [1.29, 1.82) is 0 Å². The number of anilines is 2. The van der Waals surface area contributed by atoms with Crippen LogP contribution in [0.5, 0.6) is 0 Å². The van der Waals surface area contributed by atoms with E-state index in [1.807, 2.05) is 0 Å². The van der Waals surface area contributed by atoms with E-state index >= 15 is 4.39 Å². The first-order valence-electron chi connectivity index (χ1n) is 10.9. The highest BCUT2D eigenvalue weighted by atomic mass is 79.9. The van der Waals surface area contributed by atoms with E-state index in [1.54, 1.807) is 73.8 Å². The molecule has 184 valence electrons. The standard InChI is InChI=1S/C26H22BrFN4O3S/c1-2-18(16-8-7-15-11-12-31-25(29)20(15)13-16)24(28)26(33)32-22-10-9-17(14-21(22)27)19-5-3-4-6-23(19)36(30,34)35/h3-14H,2H2,1H3,(H2,29,31)(H,32,33)(H2,30,34,35). The predicted molar refractivity (Wildman–Crippen MR) is 144 cm³/mol. The Kier molecular flexibility index (Phi) is 7.21. The van der Waals surface area contributed by atoms with Gasteiger partial charge in [0.2, 0.25) is 10.0 Å². The number of rotatable bonds is 6. The van der Waals surface area contributed by atoms with Crippen molar-refractivity contribution in [2.75, 3.05) is 11.1 Å². The van der Waals surface area contributed by atoms with Gasteiger partial charge >= 0.3 is 0 Å². The van der Waals surface area contributed by atoms with E-state index in [2.05, 4.69) is 26.2 Å². The summed E-state index contributed by atoms with van der Waals surface area (Å²) < 4.78 is 39.7. The van der Waals surface area contributed by atoms with Crippen molar-refractivity contribution < 1.29 is 17.6 Å². The fourth-order valence-corrected chi connectivity index (χ4v) is 5.15. The lowest BCUT2D eigenvalue weighted by molar-refractivity contribution is -0.114. The van der Waals surface area contributed by atoms with E-state index in [0.29, 0.717) is 38.1 Å². The first-order valence-corrected chi connectivity index (χ1v) is 13.2. The number of sulfonamides is 1. The van der Waals surface area contributed by atoms with Crippen LogP contribution in [-0.2, 0) is 14.8 Å². The van der Waals surface area contributed by atoms with Crippen LogP contribution < -0.4 is 16.2 Å². The second-order valence-corrected chi connectivity index (χ2v) is 10.4. The van der Waals surface area contributed by atoms with E-state index in [4.69, 9.17) is 10.9 Å². The van der Waals surface area contributed by atoms with Gasteiger partial charge in [-0.15, -0.1) is 0 Å². The topological polar surface area (TPSA) is 128 Å². The molecule has 0 atom stereocenters. The molecule has 0 aliphatic carbocycles. The molecule has 4 aromatic rings. The molecule has 4 rings (SSSR count). The van der Waals surface area contributed by atoms with Crippen LogP contribution in [0.3, 0.4) is 0 Å². The molecule has 1 aromatic heterocycles. The van der Waals surface area contributed by atoms with Gasteiger partial charge in [0.05, 0.1) is 10.6 Å². The molecular weight excluding hydrogens is 547 g/mol. The summed E-state index contributed by atoms with van der Waals surface area (Å²) in [5.74, 6) is -1.51. The lowest BCUT2D eigenvalue weighted by Crippen LogP contribution is -2.14. The van der Waals surface area contributed by atoms with Gasteiger partial charge < -0.3 is 11.1 Å². The van der Waals surface area contributed by atoms with Gasteiger partial charge in [0.1, 0.15) is 5.82 Å². The number of fused-ring (bicyclic) bond motifs is 1. The SMILES string of the molecule is CCC(=C(F)C(=O)Nc1ccc(-c2ccccc2S(N)(=O)=O)cc1Br)c1ccc2ccnc(N)c2c1. The van der Waals surface area contributed by atoms with Gasteiger partial charge in [0, 0.05) is 27.2 Å². The second-order valence-electron chi connectivity index (χ2n) is 7.97. The van der Waals surface area contributed by atoms with Crippen molar-refractivity contribution in [3.8, 4) is 11.1 Å². The third-order valence-corrected chi connectivity index (χ3v) is 7.31. The molecule has 3 aromatic carbocycles. The van der Waals surface area contributed by atoms with Gasteiger partial charge in [0.15, 0.2) is 5.83 Å². The number of pyridine rings is 1. The summed E-state index contributed by atoms with van der Waals surface area (Å²) >= 11 is 3.38. The lowest BCUT2D eigenvalue weighted by atomic mass is 9.99. The van der Waals surface area contributed by atoms with Crippen LogP contribution in [0.2, 0.25) is 0 Å². The highest BCUT2D eigenvalue weighted by molar-refractivity contribution is 9.10. The highest BCUT2D eigenvalue weighted by Gasteiger charge is 2.19. The maximum absolute atomic E-state index is 15.3. The number of hydrogen-bond donors (Lipinski definition) is 3. The number of hydrogen-bond acceptors (Lipinski definition) is 5. The fourth-order valence-electron chi connectivity index (χ4n) is 3.92. The van der Waals surface area contributed by atoms with E-state index in [1.165, 1.54) is 6.07 Å². The minimum absolute atomic E-state index is 0.0264. The Morgan fingerprint density at radius 1 is 1.08 bits per heavy atom. The molecule has 0 spiro atoms. The summed E-state index contributed by atoms with van der Waals surface area (Å²) in [5.41, 5.74) is 8.00. The first-order chi connectivity index (χ1) is 17.1. The number of halogens is 2. The molecule has 0 aliphatic heterocycles. The Labute approximate surface area is 216 Å². The van der Waals surface area contributed by atoms with Crippen LogP contribution in [0, 0.1) is 0 Å². The van der Waals surface area contributed by atoms with Gasteiger partial charge in [0.25, 0.3) is 5.91 Å². The van der Waals surface area contributed by atoms with Crippen LogP contribution in [0.1, 0.15) is 18.9 Å². The minimum Gasteiger partial charge on any atom is -0.383 e. The van der Waals surface area contributed by atoms with E-state index in [-0.39, 0.29) is 16.9 Å². The maximum Gasteiger partial charge on any atom is 0.284 e. The molecule has 1 amide bonds. The Bertz CT molecular complexity index is 1640. The summed E-state index contributed by atoms with van der Waals surface area (Å²) in [6.07, 6.45) is 1.87. The van der Waals surface area contributed by atoms with Gasteiger partial charge in [-0.3, -0.25) is 4.79 Å². The molecular formula is C26H22BrFN4O3S. The number of nitrogens with one attached hydrogen (secondary N) is 1. The molecule has 0 saturated heterocycles. The number of carbonyl (C=O) groups excluding carboxylic acids is 1. The molecule has 0 fully saturated rings. The number of aromatic nitrogens is 1. The van der Waals surface area contributed by atoms with Crippen LogP contribution in [0.4, 0.5) is 15.9 Å². The first kappa shape index (κ1) is 25.5. The Morgan fingerprint density at radius 3 is 2.53 bits per heavy atom. The van der Waals surface area contributed by atoms with E-state index in [0.717, 1.165) is 5.39 Å². The van der Waals surface area contributed by atoms with Crippen LogP contribution >= 0.6 is 15.9 Å². The second kappa shape index (κ2) is 10.2. The van der Waals surface area contributed by atoms with Gasteiger partial charge in [-0.1, -0.05) is 43.3 Å². The number of carbonyl (C=O) groups is 1. The Hall–Kier alpha value is -3.60. The van der Waals surface area contributed by atoms with Crippen LogP contribution in [0.25, 0.3) is 27.5 Å². The monoisotopic (exact) mass is 568 g/mol. The molecule has 0 radical (unpaired) electrons. The van der Waals surface area contributed by atoms with Crippen molar-refractivity contribution in [3.05, 3.63) is 88.8 Å². The zero-order valence-electron chi connectivity index (χ0n) is 19.1. The van der Waals surface area contributed by atoms with Gasteiger partial charge in [-0.25, -0.2) is 22.9 Å². The van der Waals surface area contributed by atoms with E-state index < -0.39 is 21.8 Å². The molecule has 7 nitrogen and oxygen atoms in total. The number of nitrogens with two attached hydrogens (primary N) is 2. The molecule has 0 unspecified atom stereocenters. The number of nitrogens with zero attached hydrogens (tertiary/aromatic N) is 1. The summed E-state index contributed by atoms with van der Waals surface area (Å²) in [5, 5.41) is 9.44. The average Bonchev–Trinajstić information content (AvgIpc) is 2.85. The molecule has 10 heteroatoms. The molecule has 1 heterocycles. The van der Waals surface area contributed by atoms with Crippen molar-refractivity contribution in [1.82, 2.24) is 4.98 Å². The number of allylic oxidation sites excluding steroid dienone is 1. The highest BCUT2D eigenvalue weighted by Crippen LogP contribution is 2.33. The van der Waals surface area contributed by atoms with Gasteiger partial charge in [-0.2, -0.15) is 0 Å². The number of nitrogen functional groups attached to an aromatic ring is 1. The third-order valence-electron chi connectivity index (χ3n) is 5.69. The van der Waals surface area contributed by atoms with Crippen LogP contribution in [0.15, 0.2) is 88.1 Å². The van der Waals surface area contributed by atoms with Crippen molar-refractivity contribution in [2.24, 2.45) is 5.14 Å². The predicted octanol–water partition coefficient (Wildman–Crippen LogP) is 5.62. The summed E-state index contributed by atoms with van der Waals surface area (Å²) in [6.45, 7) is 1.76. The van der Waals surface area contributed by atoms with Crippen molar-refractivity contribution >= 4 is 59.7 Å². The molecule has 0 bridgehead atoms.